The Balaban J connectivity index is 1.67. The minimum Gasteiger partial charge on any atom is -0.488 e. The molecule has 3 aromatic rings. The number of para-hydroxylation sites is 1. The van der Waals surface area contributed by atoms with Crippen LogP contribution in [0.15, 0.2) is 36.4 Å². The second-order valence-electron chi connectivity index (χ2n) is 5.43. The number of pyridine rings is 1. The number of rotatable bonds is 2. The Kier molecular flexibility index (Phi) is 2.60. The first-order valence-corrected chi connectivity index (χ1v) is 7.04. The third kappa shape index (κ3) is 2.01. The Morgan fingerprint density at radius 2 is 2.10 bits per heavy atom. The summed E-state index contributed by atoms with van der Waals surface area (Å²) in [5.74, 6) is 1.46. The molecule has 106 valence electrons. The summed E-state index contributed by atoms with van der Waals surface area (Å²) in [7, 11) is 0. The van der Waals surface area contributed by atoms with Gasteiger partial charge in [-0.15, -0.1) is 0 Å². The Hall–Kier alpha value is -2.56. The van der Waals surface area contributed by atoms with Crippen LogP contribution in [0.1, 0.15) is 11.3 Å². The Morgan fingerprint density at radius 3 is 2.95 bits per heavy atom. The number of imidazole rings is 1. The van der Waals surface area contributed by atoms with Gasteiger partial charge in [0, 0.05) is 12.1 Å². The maximum Gasteiger partial charge on any atom is 0.202 e. The van der Waals surface area contributed by atoms with Gasteiger partial charge in [-0.3, -0.25) is 4.57 Å². The van der Waals surface area contributed by atoms with Crippen molar-refractivity contribution in [2.75, 3.05) is 5.73 Å². The van der Waals surface area contributed by atoms with Gasteiger partial charge in [0.2, 0.25) is 5.95 Å². The van der Waals surface area contributed by atoms with E-state index >= 15 is 0 Å². The highest BCUT2D eigenvalue weighted by atomic mass is 16.5. The van der Waals surface area contributed by atoms with Crippen molar-refractivity contribution < 1.29 is 4.74 Å². The molecule has 5 heteroatoms. The molecule has 0 aliphatic carbocycles. The van der Waals surface area contributed by atoms with E-state index in [1.165, 1.54) is 5.56 Å². The quantitative estimate of drug-likeness (QED) is 0.782. The van der Waals surface area contributed by atoms with E-state index in [0.717, 1.165) is 29.0 Å². The third-order valence-corrected chi connectivity index (χ3v) is 3.86. The second-order valence-corrected chi connectivity index (χ2v) is 5.43. The first kappa shape index (κ1) is 12.2. The fourth-order valence-electron chi connectivity index (χ4n) is 2.85. The van der Waals surface area contributed by atoms with Crippen molar-refractivity contribution in [3.05, 3.63) is 47.7 Å². The van der Waals surface area contributed by atoms with E-state index < -0.39 is 0 Å². The smallest absolute Gasteiger partial charge is 0.202 e. The van der Waals surface area contributed by atoms with Crippen molar-refractivity contribution >= 4 is 17.1 Å². The van der Waals surface area contributed by atoms with Crippen LogP contribution in [-0.2, 0) is 13.0 Å². The SMILES string of the molecule is Cc1ccc2nc(N)n(CC3Cc4ccccc4O3)c2n1. The molecule has 1 aliphatic heterocycles. The fourth-order valence-corrected chi connectivity index (χ4v) is 2.85. The number of ether oxygens (including phenoxy) is 1. The zero-order valence-electron chi connectivity index (χ0n) is 11.8. The van der Waals surface area contributed by atoms with Crippen LogP contribution in [0.3, 0.4) is 0 Å². The molecule has 2 N–H and O–H groups in total. The van der Waals surface area contributed by atoms with Gasteiger partial charge in [-0.1, -0.05) is 18.2 Å². The topological polar surface area (TPSA) is 66.0 Å². The predicted molar refractivity (Wildman–Crippen MR) is 81.2 cm³/mol. The van der Waals surface area contributed by atoms with Crippen LogP contribution in [-0.4, -0.2) is 20.6 Å². The number of nitrogen functional groups attached to an aromatic ring is 1. The number of aryl methyl sites for hydroxylation is 1. The molecule has 0 saturated heterocycles. The average Bonchev–Trinajstić information content (AvgIpc) is 3.01. The Labute approximate surface area is 122 Å². The van der Waals surface area contributed by atoms with Crippen molar-refractivity contribution in [2.24, 2.45) is 0 Å². The summed E-state index contributed by atoms with van der Waals surface area (Å²) in [4.78, 5) is 8.92. The van der Waals surface area contributed by atoms with E-state index in [9.17, 15) is 0 Å². The van der Waals surface area contributed by atoms with Gasteiger partial charge in [0.25, 0.3) is 0 Å². The monoisotopic (exact) mass is 280 g/mol. The maximum atomic E-state index is 6.04. The Morgan fingerprint density at radius 1 is 1.24 bits per heavy atom. The van der Waals surface area contributed by atoms with Gasteiger partial charge in [-0.2, -0.15) is 0 Å². The lowest BCUT2D eigenvalue weighted by molar-refractivity contribution is 0.211. The highest BCUT2D eigenvalue weighted by Crippen LogP contribution is 2.29. The minimum atomic E-state index is 0.0735. The van der Waals surface area contributed by atoms with Gasteiger partial charge in [-0.05, 0) is 30.7 Å². The molecule has 1 aliphatic rings. The van der Waals surface area contributed by atoms with Gasteiger partial charge < -0.3 is 10.5 Å². The van der Waals surface area contributed by atoms with E-state index in [2.05, 4.69) is 16.0 Å². The van der Waals surface area contributed by atoms with Crippen molar-refractivity contribution in [3.8, 4) is 5.75 Å². The van der Waals surface area contributed by atoms with Crippen LogP contribution in [0.5, 0.6) is 5.75 Å². The highest BCUT2D eigenvalue weighted by molar-refractivity contribution is 5.74. The van der Waals surface area contributed by atoms with Crippen LogP contribution < -0.4 is 10.5 Å². The van der Waals surface area contributed by atoms with Crippen LogP contribution in [0.4, 0.5) is 5.95 Å². The number of fused-ring (bicyclic) bond motifs is 2. The lowest BCUT2D eigenvalue weighted by atomic mass is 10.1. The van der Waals surface area contributed by atoms with E-state index in [1.807, 2.05) is 41.8 Å². The summed E-state index contributed by atoms with van der Waals surface area (Å²) in [6.07, 6.45) is 0.964. The zero-order chi connectivity index (χ0) is 14.4. The number of anilines is 1. The number of nitrogens with two attached hydrogens (primary N) is 1. The van der Waals surface area contributed by atoms with Crippen molar-refractivity contribution in [3.63, 3.8) is 0 Å². The molecule has 3 heterocycles. The summed E-state index contributed by atoms with van der Waals surface area (Å²) in [5, 5.41) is 0. The summed E-state index contributed by atoms with van der Waals surface area (Å²) < 4.78 is 7.93. The molecule has 1 atom stereocenters. The average molecular weight is 280 g/mol. The largest absolute Gasteiger partial charge is 0.488 e. The number of nitrogens with zero attached hydrogens (tertiary/aromatic N) is 3. The van der Waals surface area contributed by atoms with Gasteiger partial charge >= 0.3 is 0 Å². The number of benzene rings is 1. The summed E-state index contributed by atoms with van der Waals surface area (Å²) in [6.45, 7) is 2.63. The van der Waals surface area contributed by atoms with Gasteiger partial charge in [-0.25, -0.2) is 9.97 Å². The molecule has 2 aromatic heterocycles. The number of hydrogen-bond acceptors (Lipinski definition) is 4. The summed E-state index contributed by atoms with van der Waals surface area (Å²) >= 11 is 0. The molecule has 0 radical (unpaired) electrons. The van der Waals surface area contributed by atoms with Crippen LogP contribution >= 0.6 is 0 Å². The number of aromatic nitrogens is 3. The van der Waals surface area contributed by atoms with E-state index in [1.54, 1.807) is 0 Å². The highest BCUT2D eigenvalue weighted by Gasteiger charge is 2.24. The Bertz CT molecular complexity index is 799. The zero-order valence-corrected chi connectivity index (χ0v) is 11.8. The molecule has 4 rings (SSSR count). The minimum absolute atomic E-state index is 0.0735. The first-order valence-electron chi connectivity index (χ1n) is 7.04. The normalized spacial score (nSPS) is 16.9. The summed E-state index contributed by atoms with van der Waals surface area (Å²) in [6, 6.07) is 12.0. The molecule has 0 fully saturated rings. The fraction of sp³-hybridized carbons (Fsp3) is 0.250. The van der Waals surface area contributed by atoms with Crippen molar-refractivity contribution in [1.82, 2.24) is 14.5 Å². The molecule has 5 nitrogen and oxygen atoms in total. The lowest BCUT2D eigenvalue weighted by Gasteiger charge is -2.13. The van der Waals surface area contributed by atoms with Gasteiger partial charge in [0.05, 0.1) is 6.54 Å². The molecular formula is C16H16N4O. The van der Waals surface area contributed by atoms with E-state index in [0.29, 0.717) is 12.5 Å². The first-order chi connectivity index (χ1) is 10.2. The predicted octanol–water partition coefficient (Wildman–Crippen LogP) is 2.33. The van der Waals surface area contributed by atoms with E-state index in [-0.39, 0.29) is 6.10 Å². The number of hydrogen-bond donors (Lipinski definition) is 1. The lowest BCUT2D eigenvalue weighted by Crippen LogP contribution is -2.22. The molecule has 1 aromatic carbocycles. The molecule has 21 heavy (non-hydrogen) atoms. The molecule has 0 amide bonds. The van der Waals surface area contributed by atoms with Crippen molar-refractivity contribution in [2.45, 2.75) is 26.0 Å². The van der Waals surface area contributed by atoms with E-state index in [4.69, 9.17) is 10.5 Å². The van der Waals surface area contributed by atoms with Gasteiger partial charge in [0.15, 0.2) is 5.65 Å². The van der Waals surface area contributed by atoms with Crippen molar-refractivity contribution in [1.29, 1.82) is 0 Å². The molecule has 0 spiro atoms. The molecular weight excluding hydrogens is 264 g/mol. The molecule has 0 bridgehead atoms. The van der Waals surface area contributed by atoms with Crippen LogP contribution in [0.2, 0.25) is 0 Å². The maximum absolute atomic E-state index is 6.04. The van der Waals surface area contributed by atoms with Crippen LogP contribution in [0, 0.1) is 6.92 Å². The third-order valence-electron chi connectivity index (χ3n) is 3.86. The molecule has 0 saturated carbocycles. The molecule has 1 unspecified atom stereocenters. The standard InChI is InChI=1S/C16H16N4O/c1-10-6-7-13-15(18-10)20(16(17)19-13)9-12-8-11-4-2-3-5-14(11)21-12/h2-7,12H,8-9H2,1H3,(H2,17,19). The van der Waals surface area contributed by atoms with Gasteiger partial charge in [0.1, 0.15) is 17.4 Å². The summed E-state index contributed by atoms with van der Waals surface area (Å²) in [5.41, 5.74) is 9.90. The van der Waals surface area contributed by atoms with Crippen LogP contribution in [0.25, 0.3) is 11.2 Å². The second kappa shape index (κ2) is 4.48.